The number of anilines is 2. The molecule has 0 radical (unpaired) electrons. The molecule has 112 valence electrons. The first-order chi connectivity index (χ1) is 10.2. The second-order valence-corrected chi connectivity index (χ2v) is 6.16. The molecule has 0 saturated heterocycles. The highest BCUT2D eigenvalue weighted by molar-refractivity contribution is 7.07. The number of nitrogens with one attached hydrogen (secondary N) is 2. The van der Waals surface area contributed by atoms with Gasteiger partial charge in [0, 0.05) is 25.1 Å². The second-order valence-electron chi connectivity index (χ2n) is 5.38. The van der Waals surface area contributed by atoms with E-state index in [0.717, 1.165) is 28.6 Å². The topological polar surface area (TPSA) is 70.1 Å². The first-order valence-corrected chi connectivity index (χ1v) is 8.13. The standard InChI is InChI=1S/C15H20N4OS/c1-9-13(16-2)18-15(10-3-4-10)19-14(9)17-7-12(20)11-5-6-21-8-11/h5-6,8,10,12,20H,3-4,7H2,1-2H3,(H2,16,17,18,19). The minimum Gasteiger partial charge on any atom is -0.387 e. The van der Waals surface area contributed by atoms with E-state index >= 15 is 0 Å². The maximum atomic E-state index is 10.2. The summed E-state index contributed by atoms with van der Waals surface area (Å²) in [6.07, 6.45) is 1.82. The lowest BCUT2D eigenvalue weighted by atomic mass is 10.2. The predicted molar refractivity (Wildman–Crippen MR) is 86.1 cm³/mol. The van der Waals surface area contributed by atoms with Crippen molar-refractivity contribution in [1.29, 1.82) is 0 Å². The number of aromatic nitrogens is 2. The quantitative estimate of drug-likeness (QED) is 0.765. The predicted octanol–water partition coefficient (Wildman–Crippen LogP) is 2.91. The van der Waals surface area contributed by atoms with Crippen molar-refractivity contribution in [2.24, 2.45) is 0 Å². The summed E-state index contributed by atoms with van der Waals surface area (Å²) >= 11 is 1.59. The van der Waals surface area contributed by atoms with Crippen LogP contribution < -0.4 is 10.6 Å². The average Bonchev–Trinajstić information content (AvgIpc) is 3.20. The molecule has 2 aromatic heterocycles. The molecule has 3 rings (SSSR count). The van der Waals surface area contributed by atoms with Gasteiger partial charge >= 0.3 is 0 Å². The van der Waals surface area contributed by atoms with Gasteiger partial charge in [0.05, 0.1) is 6.10 Å². The van der Waals surface area contributed by atoms with Crippen LogP contribution in [-0.4, -0.2) is 28.7 Å². The summed E-state index contributed by atoms with van der Waals surface area (Å²) in [4.78, 5) is 9.19. The van der Waals surface area contributed by atoms with Gasteiger partial charge in [0.1, 0.15) is 17.5 Å². The second kappa shape index (κ2) is 5.99. The zero-order valence-corrected chi connectivity index (χ0v) is 13.1. The van der Waals surface area contributed by atoms with Gasteiger partial charge in [0.15, 0.2) is 0 Å². The Morgan fingerprint density at radius 3 is 2.76 bits per heavy atom. The lowest BCUT2D eigenvalue weighted by Crippen LogP contribution is -2.15. The SMILES string of the molecule is CNc1nc(C2CC2)nc(NCC(O)c2ccsc2)c1C. The Morgan fingerprint density at radius 1 is 1.38 bits per heavy atom. The van der Waals surface area contributed by atoms with E-state index in [1.807, 2.05) is 30.8 Å². The number of rotatable bonds is 6. The fourth-order valence-corrected chi connectivity index (χ4v) is 2.96. The van der Waals surface area contributed by atoms with Crippen molar-refractivity contribution in [1.82, 2.24) is 9.97 Å². The molecule has 0 aromatic carbocycles. The summed E-state index contributed by atoms with van der Waals surface area (Å²) in [6.45, 7) is 2.43. The van der Waals surface area contributed by atoms with Crippen LogP contribution in [0.3, 0.4) is 0 Å². The lowest BCUT2D eigenvalue weighted by Gasteiger charge is -2.15. The largest absolute Gasteiger partial charge is 0.387 e. The van der Waals surface area contributed by atoms with Gasteiger partial charge in [-0.3, -0.25) is 0 Å². The number of hydrogen-bond acceptors (Lipinski definition) is 6. The maximum absolute atomic E-state index is 10.2. The summed E-state index contributed by atoms with van der Waals surface area (Å²) in [6, 6.07) is 1.94. The molecular formula is C15H20N4OS. The molecule has 1 fully saturated rings. The van der Waals surface area contributed by atoms with E-state index in [9.17, 15) is 5.11 Å². The fraction of sp³-hybridized carbons (Fsp3) is 0.467. The van der Waals surface area contributed by atoms with Gasteiger partial charge in [-0.2, -0.15) is 11.3 Å². The number of aliphatic hydroxyl groups is 1. The van der Waals surface area contributed by atoms with Crippen molar-refractivity contribution in [3.8, 4) is 0 Å². The molecule has 0 bridgehead atoms. The van der Waals surface area contributed by atoms with Crippen molar-refractivity contribution in [3.63, 3.8) is 0 Å². The Labute approximate surface area is 128 Å². The Hall–Kier alpha value is -1.66. The summed E-state index contributed by atoms with van der Waals surface area (Å²) in [5.74, 6) is 3.07. The minimum atomic E-state index is -0.520. The zero-order valence-electron chi connectivity index (χ0n) is 12.3. The maximum Gasteiger partial charge on any atom is 0.136 e. The molecule has 2 aromatic rings. The first kappa shape index (κ1) is 14.3. The third kappa shape index (κ3) is 3.16. The van der Waals surface area contributed by atoms with Gasteiger partial charge in [-0.1, -0.05) is 0 Å². The Morgan fingerprint density at radius 2 is 2.14 bits per heavy atom. The van der Waals surface area contributed by atoms with Gasteiger partial charge in [-0.25, -0.2) is 9.97 Å². The van der Waals surface area contributed by atoms with Crippen LogP contribution in [0.2, 0.25) is 0 Å². The molecule has 0 amide bonds. The summed E-state index contributed by atoms with van der Waals surface area (Å²) in [7, 11) is 1.87. The highest BCUT2D eigenvalue weighted by Crippen LogP contribution is 2.39. The Bertz CT molecular complexity index is 610. The molecule has 1 aliphatic carbocycles. The molecule has 1 saturated carbocycles. The molecule has 6 heteroatoms. The summed E-state index contributed by atoms with van der Waals surface area (Å²) in [5.41, 5.74) is 1.93. The molecule has 21 heavy (non-hydrogen) atoms. The van der Waals surface area contributed by atoms with Crippen LogP contribution in [0.1, 0.15) is 41.8 Å². The van der Waals surface area contributed by atoms with Crippen LogP contribution in [0.25, 0.3) is 0 Å². The van der Waals surface area contributed by atoms with Crippen LogP contribution in [0.5, 0.6) is 0 Å². The van der Waals surface area contributed by atoms with Crippen LogP contribution in [0.4, 0.5) is 11.6 Å². The van der Waals surface area contributed by atoms with Gasteiger partial charge in [-0.15, -0.1) is 0 Å². The van der Waals surface area contributed by atoms with Crippen molar-refractivity contribution >= 4 is 23.0 Å². The van der Waals surface area contributed by atoms with E-state index in [4.69, 9.17) is 0 Å². The molecule has 5 nitrogen and oxygen atoms in total. The molecular weight excluding hydrogens is 284 g/mol. The van der Waals surface area contributed by atoms with E-state index in [-0.39, 0.29) is 0 Å². The van der Waals surface area contributed by atoms with Gasteiger partial charge in [0.2, 0.25) is 0 Å². The van der Waals surface area contributed by atoms with E-state index in [1.54, 1.807) is 11.3 Å². The van der Waals surface area contributed by atoms with Crippen molar-refractivity contribution in [3.05, 3.63) is 33.8 Å². The van der Waals surface area contributed by atoms with E-state index < -0.39 is 6.10 Å². The highest BCUT2D eigenvalue weighted by atomic mass is 32.1. The van der Waals surface area contributed by atoms with E-state index in [0.29, 0.717) is 12.5 Å². The average molecular weight is 304 g/mol. The molecule has 0 aliphatic heterocycles. The molecule has 1 atom stereocenters. The lowest BCUT2D eigenvalue weighted by molar-refractivity contribution is 0.192. The van der Waals surface area contributed by atoms with Gasteiger partial charge in [0.25, 0.3) is 0 Å². The van der Waals surface area contributed by atoms with Crippen LogP contribution in [-0.2, 0) is 0 Å². The third-order valence-electron chi connectivity index (χ3n) is 3.73. The summed E-state index contributed by atoms with van der Waals surface area (Å²) in [5, 5.41) is 20.5. The molecule has 0 spiro atoms. The minimum absolute atomic E-state index is 0.446. The number of nitrogens with zero attached hydrogens (tertiary/aromatic N) is 2. The monoisotopic (exact) mass is 304 g/mol. The number of aliphatic hydroxyl groups excluding tert-OH is 1. The fourth-order valence-electron chi connectivity index (χ4n) is 2.25. The summed E-state index contributed by atoms with van der Waals surface area (Å²) < 4.78 is 0. The van der Waals surface area contributed by atoms with E-state index in [2.05, 4.69) is 20.6 Å². The number of hydrogen-bond donors (Lipinski definition) is 3. The van der Waals surface area contributed by atoms with Gasteiger partial charge < -0.3 is 15.7 Å². The van der Waals surface area contributed by atoms with Crippen molar-refractivity contribution in [2.45, 2.75) is 31.8 Å². The van der Waals surface area contributed by atoms with Crippen molar-refractivity contribution in [2.75, 3.05) is 24.2 Å². The first-order valence-electron chi connectivity index (χ1n) is 7.19. The normalized spacial score (nSPS) is 15.8. The zero-order chi connectivity index (χ0) is 14.8. The highest BCUT2D eigenvalue weighted by Gasteiger charge is 2.28. The number of thiophene rings is 1. The smallest absolute Gasteiger partial charge is 0.136 e. The van der Waals surface area contributed by atoms with Crippen LogP contribution in [0.15, 0.2) is 16.8 Å². The Balaban J connectivity index is 1.76. The third-order valence-corrected chi connectivity index (χ3v) is 4.43. The molecule has 1 unspecified atom stereocenters. The Kier molecular flexibility index (Phi) is 4.07. The molecule has 2 heterocycles. The molecule has 1 aliphatic rings. The van der Waals surface area contributed by atoms with Crippen LogP contribution >= 0.6 is 11.3 Å². The van der Waals surface area contributed by atoms with Crippen molar-refractivity contribution < 1.29 is 5.11 Å². The van der Waals surface area contributed by atoms with Crippen LogP contribution in [0, 0.1) is 6.92 Å². The van der Waals surface area contributed by atoms with Gasteiger partial charge in [-0.05, 0) is 42.2 Å². The van der Waals surface area contributed by atoms with E-state index in [1.165, 1.54) is 12.8 Å². The molecule has 3 N–H and O–H groups in total.